The number of benzene rings is 1. The van der Waals surface area contributed by atoms with E-state index in [-0.39, 0.29) is 0 Å². The summed E-state index contributed by atoms with van der Waals surface area (Å²) in [5.41, 5.74) is 2.15. The molecule has 0 saturated carbocycles. The molecule has 1 aromatic rings. The number of hydrogen-bond donors (Lipinski definition) is 1. The van der Waals surface area contributed by atoms with Gasteiger partial charge in [0.05, 0.1) is 25.5 Å². The first kappa shape index (κ1) is 12.1. The van der Waals surface area contributed by atoms with Gasteiger partial charge in [0.1, 0.15) is 0 Å². The molecule has 0 aliphatic carbocycles. The van der Waals surface area contributed by atoms with Crippen LogP contribution in [0.15, 0.2) is 29.4 Å². The Morgan fingerprint density at radius 3 is 2.88 bits per heavy atom. The molecule has 1 aliphatic rings. The van der Waals surface area contributed by atoms with Crippen molar-refractivity contribution < 1.29 is 9.47 Å². The lowest BCUT2D eigenvalue weighted by atomic mass is 10.1. The molecule has 17 heavy (non-hydrogen) atoms. The third-order valence-corrected chi connectivity index (χ3v) is 2.80. The van der Waals surface area contributed by atoms with Crippen molar-refractivity contribution in [3.05, 3.63) is 35.4 Å². The summed E-state index contributed by atoms with van der Waals surface area (Å²) >= 11 is 0. The summed E-state index contributed by atoms with van der Waals surface area (Å²) < 4.78 is 11.1. The summed E-state index contributed by atoms with van der Waals surface area (Å²) in [4.78, 5) is 0. The smallest absolute Gasteiger partial charge is 0.0809 e. The molecular formula is C13H18N2O2. The average Bonchev–Trinajstić information content (AvgIpc) is 2.85. The lowest BCUT2D eigenvalue weighted by Crippen LogP contribution is -2.13. The van der Waals surface area contributed by atoms with Crippen molar-refractivity contribution in [3.8, 4) is 0 Å². The molecule has 0 amide bonds. The van der Waals surface area contributed by atoms with Gasteiger partial charge in [0.25, 0.3) is 0 Å². The first-order valence-corrected chi connectivity index (χ1v) is 5.90. The van der Waals surface area contributed by atoms with Crippen molar-refractivity contribution >= 4 is 6.21 Å². The quantitative estimate of drug-likeness (QED) is 0.479. The van der Waals surface area contributed by atoms with Crippen LogP contribution in [0.2, 0.25) is 0 Å². The Morgan fingerprint density at radius 1 is 1.41 bits per heavy atom. The van der Waals surface area contributed by atoms with E-state index < -0.39 is 0 Å². The van der Waals surface area contributed by atoms with E-state index in [2.05, 4.69) is 5.10 Å². The number of hydrazone groups is 1. The van der Waals surface area contributed by atoms with Crippen LogP contribution in [0, 0.1) is 0 Å². The van der Waals surface area contributed by atoms with Crippen LogP contribution in [0.5, 0.6) is 0 Å². The lowest BCUT2D eigenvalue weighted by Gasteiger charge is -2.10. The molecule has 1 heterocycles. The second-order valence-corrected chi connectivity index (χ2v) is 4.17. The van der Waals surface area contributed by atoms with Crippen molar-refractivity contribution in [2.45, 2.75) is 25.6 Å². The molecule has 2 N–H and O–H groups in total. The second-order valence-electron chi connectivity index (χ2n) is 4.17. The van der Waals surface area contributed by atoms with Crippen LogP contribution in [-0.2, 0) is 16.1 Å². The van der Waals surface area contributed by atoms with Gasteiger partial charge in [0, 0.05) is 6.61 Å². The van der Waals surface area contributed by atoms with Crippen LogP contribution < -0.4 is 5.84 Å². The molecule has 0 bridgehead atoms. The molecule has 1 saturated heterocycles. The molecular weight excluding hydrogens is 216 g/mol. The van der Waals surface area contributed by atoms with Crippen LogP contribution in [0.1, 0.15) is 24.0 Å². The predicted octanol–water partition coefficient (Wildman–Crippen LogP) is 1.67. The highest BCUT2D eigenvalue weighted by molar-refractivity contribution is 5.79. The Hall–Kier alpha value is -1.39. The van der Waals surface area contributed by atoms with E-state index >= 15 is 0 Å². The van der Waals surface area contributed by atoms with E-state index in [1.165, 1.54) is 0 Å². The molecule has 4 heteroatoms. The average molecular weight is 234 g/mol. The lowest BCUT2D eigenvalue weighted by molar-refractivity contribution is 0.0106. The summed E-state index contributed by atoms with van der Waals surface area (Å²) in [7, 11) is 0. The first-order valence-electron chi connectivity index (χ1n) is 5.90. The zero-order chi connectivity index (χ0) is 11.9. The largest absolute Gasteiger partial charge is 0.376 e. The predicted molar refractivity (Wildman–Crippen MR) is 66.9 cm³/mol. The highest BCUT2D eigenvalue weighted by atomic mass is 16.5. The van der Waals surface area contributed by atoms with Gasteiger partial charge in [-0.05, 0) is 24.0 Å². The molecule has 0 spiro atoms. The Labute approximate surface area is 101 Å². The summed E-state index contributed by atoms with van der Waals surface area (Å²) in [6.45, 7) is 2.19. The standard InChI is InChI=1S/C13H18N2O2/c14-15-8-11-3-5-12(6-4-11)9-16-10-13-2-1-7-17-13/h3-6,8,13H,1-2,7,9-10,14H2. The number of nitrogens with two attached hydrogens (primary N) is 1. The minimum Gasteiger partial charge on any atom is -0.376 e. The van der Waals surface area contributed by atoms with Crippen LogP contribution >= 0.6 is 0 Å². The fraction of sp³-hybridized carbons (Fsp3) is 0.462. The molecule has 1 aliphatic heterocycles. The van der Waals surface area contributed by atoms with Crippen molar-refractivity contribution in [2.75, 3.05) is 13.2 Å². The third kappa shape index (κ3) is 3.84. The van der Waals surface area contributed by atoms with Gasteiger partial charge in [-0.2, -0.15) is 5.10 Å². The molecule has 92 valence electrons. The van der Waals surface area contributed by atoms with E-state index in [4.69, 9.17) is 15.3 Å². The number of ether oxygens (including phenoxy) is 2. The van der Waals surface area contributed by atoms with Crippen molar-refractivity contribution in [2.24, 2.45) is 10.9 Å². The minimum atomic E-state index is 0.290. The van der Waals surface area contributed by atoms with Gasteiger partial charge in [-0.15, -0.1) is 0 Å². The van der Waals surface area contributed by atoms with E-state index in [0.717, 1.165) is 30.6 Å². The maximum Gasteiger partial charge on any atom is 0.0809 e. The van der Waals surface area contributed by atoms with Crippen LogP contribution in [0.3, 0.4) is 0 Å². The van der Waals surface area contributed by atoms with E-state index in [0.29, 0.717) is 19.3 Å². The van der Waals surface area contributed by atoms with E-state index in [9.17, 15) is 0 Å². The van der Waals surface area contributed by atoms with Gasteiger partial charge in [0.2, 0.25) is 0 Å². The van der Waals surface area contributed by atoms with Crippen LogP contribution in [0.25, 0.3) is 0 Å². The fourth-order valence-electron chi connectivity index (χ4n) is 1.87. The number of rotatable bonds is 5. The Kier molecular flexibility index (Phi) is 4.53. The van der Waals surface area contributed by atoms with Gasteiger partial charge >= 0.3 is 0 Å². The van der Waals surface area contributed by atoms with E-state index in [1.54, 1.807) is 6.21 Å². The third-order valence-electron chi connectivity index (χ3n) is 2.80. The SMILES string of the molecule is NN=Cc1ccc(COCC2CCCO2)cc1. The maximum atomic E-state index is 5.62. The fourth-order valence-corrected chi connectivity index (χ4v) is 1.87. The van der Waals surface area contributed by atoms with Crippen molar-refractivity contribution in [1.82, 2.24) is 0 Å². The zero-order valence-corrected chi connectivity index (χ0v) is 9.84. The molecule has 2 rings (SSSR count). The van der Waals surface area contributed by atoms with Gasteiger partial charge in [-0.3, -0.25) is 0 Å². The summed E-state index contributed by atoms with van der Waals surface area (Å²) in [5.74, 6) is 5.08. The second kappa shape index (κ2) is 6.37. The van der Waals surface area contributed by atoms with E-state index in [1.807, 2.05) is 24.3 Å². The molecule has 4 nitrogen and oxygen atoms in total. The van der Waals surface area contributed by atoms with Gasteiger partial charge < -0.3 is 15.3 Å². The van der Waals surface area contributed by atoms with Crippen LogP contribution in [0.4, 0.5) is 0 Å². The molecule has 1 aromatic carbocycles. The molecule has 0 radical (unpaired) electrons. The Morgan fingerprint density at radius 2 is 2.24 bits per heavy atom. The topological polar surface area (TPSA) is 56.8 Å². The van der Waals surface area contributed by atoms with Crippen molar-refractivity contribution in [1.29, 1.82) is 0 Å². The molecule has 1 unspecified atom stereocenters. The summed E-state index contributed by atoms with van der Waals surface area (Å²) in [5, 5.41) is 3.48. The van der Waals surface area contributed by atoms with Gasteiger partial charge in [-0.25, -0.2) is 0 Å². The summed E-state index contributed by atoms with van der Waals surface area (Å²) in [6, 6.07) is 7.99. The number of nitrogens with zero attached hydrogens (tertiary/aromatic N) is 1. The normalized spacial score (nSPS) is 20.1. The van der Waals surface area contributed by atoms with Crippen molar-refractivity contribution in [3.63, 3.8) is 0 Å². The first-order chi connectivity index (χ1) is 8.38. The van der Waals surface area contributed by atoms with Crippen LogP contribution in [-0.4, -0.2) is 25.5 Å². The Bertz CT molecular complexity index is 356. The summed E-state index contributed by atoms with van der Waals surface area (Å²) in [6.07, 6.45) is 4.18. The minimum absolute atomic E-state index is 0.290. The van der Waals surface area contributed by atoms with Gasteiger partial charge in [0.15, 0.2) is 0 Å². The highest BCUT2D eigenvalue weighted by Gasteiger charge is 2.14. The van der Waals surface area contributed by atoms with Gasteiger partial charge in [-0.1, -0.05) is 24.3 Å². The molecule has 0 aromatic heterocycles. The number of hydrogen-bond acceptors (Lipinski definition) is 4. The maximum absolute atomic E-state index is 5.62. The Balaban J connectivity index is 1.74. The molecule has 1 atom stereocenters. The monoisotopic (exact) mass is 234 g/mol. The molecule has 1 fully saturated rings. The zero-order valence-electron chi connectivity index (χ0n) is 9.84. The highest BCUT2D eigenvalue weighted by Crippen LogP contribution is 2.13.